The van der Waals surface area contributed by atoms with Crippen LogP contribution in [0.4, 0.5) is 0 Å². The Bertz CT molecular complexity index is 543. The zero-order valence-electron chi connectivity index (χ0n) is 12.3. The van der Waals surface area contributed by atoms with Crippen molar-refractivity contribution in [3.8, 4) is 0 Å². The molecule has 0 aromatic rings. The number of carbonyl (C=O) groups is 1. The third kappa shape index (κ3) is 5.55. The standard InChI is InChI=1S/C10H17N3O6S.Na/c1-6(2)12-19-5-4-8(14)11-9-7(3)13(10(9)15)20(16,17)18;/h7,9H,4-5H2,1-3H3,(H,11,14)(H,16,17,18);/q;+1/p-1/t7-,9-;/m0./s1. The molecule has 0 aromatic carbocycles. The summed E-state index contributed by atoms with van der Waals surface area (Å²) >= 11 is 0. The number of hydrogen-bond donors (Lipinski definition) is 1. The van der Waals surface area contributed by atoms with Crippen molar-refractivity contribution in [1.82, 2.24) is 4.31 Å². The Hall–Kier alpha value is -0.680. The molecule has 1 rings (SSSR count). The third-order valence-corrected chi connectivity index (χ3v) is 3.49. The van der Waals surface area contributed by atoms with Gasteiger partial charge >= 0.3 is 39.9 Å². The van der Waals surface area contributed by atoms with Crippen LogP contribution in [0, 0.1) is 0 Å². The van der Waals surface area contributed by atoms with E-state index in [1.807, 2.05) is 0 Å². The first-order valence-electron chi connectivity index (χ1n) is 5.82. The Morgan fingerprint density at radius 2 is 2.05 bits per heavy atom. The molecule has 2 atom stereocenters. The van der Waals surface area contributed by atoms with Crippen LogP contribution in [0.1, 0.15) is 27.2 Å². The van der Waals surface area contributed by atoms with Crippen molar-refractivity contribution in [2.24, 2.45) is 10.1 Å². The largest absolute Gasteiger partial charge is 1.00 e. The molecule has 1 aliphatic heterocycles. The van der Waals surface area contributed by atoms with Crippen LogP contribution in [0.2, 0.25) is 0 Å². The van der Waals surface area contributed by atoms with E-state index in [9.17, 15) is 18.3 Å². The molecule has 0 radical (unpaired) electrons. The fourth-order valence-corrected chi connectivity index (χ4v) is 2.47. The van der Waals surface area contributed by atoms with Gasteiger partial charge in [0.25, 0.3) is 5.91 Å². The second-order valence-corrected chi connectivity index (χ2v) is 5.73. The molecule has 21 heavy (non-hydrogen) atoms. The monoisotopic (exact) mass is 329 g/mol. The van der Waals surface area contributed by atoms with E-state index in [0.29, 0.717) is 5.71 Å². The minimum atomic E-state index is -4.59. The van der Waals surface area contributed by atoms with Gasteiger partial charge in [0.05, 0.1) is 11.8 Å². The Morgan fingerprint density at radius 1 is 1.48 bits per heavy atom. The van der Waals surface area contributed by atoms with Crippen LogP contribution in [0.5, 0.6) is 0 Å². The van der Waals surface area contributed by atoms with Gasteiger partial charge in [0.2, 0.25) is 0 Å². The van der Waals surface area contributed by atoms with Crippen LogP contribution in [-0.4, -0.2) is 53.5 Å². The van der Waals surface area contributed by atoms with Crippen molar-refractivity contribution >= 4 is 27.8 Å². The molecule has 0 unspecified atom stereocenters. The summed E-state index contributed by atoms with van der Waals surface area (Å²) in [6.07, 6.45) is -0.0703. The van der Waals surface area contributed by atoms with Crippen molar-refractivity contribution in [3.05, 3.63) is 0 Å². The van der Waals surface area contributed by atoms with Crippen LogP contribution < -0.4 is 34.7 Å². The minimum Gasteiger partial charge on any atom is -0.862 e. The van der Waals surface area contributed by atoms with E-state index in [0.717, 1.165) is 0 Å². The number of oxime groups is 1. The third-order valence-electron chi connectivity index (χ3n) is 2.48. The maximum atomic E-state index is 11.5. The number of nitrogens with zero attached hydrogens (tertiary/aromatic N) is 3. The molecule has 0 spiro atoms. The van der Waals surface area contributed by atoms with Gasteiger partial charge in [-0.25, -0.2) is 4.31 Å². The summed E-state index contributed by atoms with van der Waals surface area (Å²) in [5, 5.41) is 15.1. The molecule has 114 valence electrons. The van der Waals surface area contributed by atoms with Gasteiger partial charge in [-0.05, 0) is 26.7 Å². The molecule has 1 N–H and O–H groups in total. The zero-order chi connectivity index (χ0) is 15.5. The average Bonchev–Trinajstić information content (AvgIpc) is 2.30. The van der Waals surface area contributed by atoms with Crippen LogP contribution in [0.25, 0.3) is 0 Å². The number of hydrogen-bond acceptors (Lipinski definition) is 7. The predicted molar refractivity (Wildman–Crippen MR) is 68.4 cm³/mol. The number of carbonyl (C=O) groups excluding carboxylic acids is 1. The van der Waals surface area contributed by atoms with Gasteiger partial charge in [0, 0.05) is 6.42 Å². The summed E-state index contributed by atoms with van der Waals surface area (Å²) in [6, 6.07) is -1.96. The summed E-state index contributed by atoms with van der Waals surface area (Å²) in [4.78, 5) is 19.9. The second kappa shape index (κ2) is 8.08. The van der Waals surface area contributed by atoms with E-state index < -0.39 is 34.2 Å². The molecule has 1 saturated heterocycles. The van der Waals surface area contributed by atoms with Crippen molar-refractivity contribution in [1.29, 1.82) is 0 Å². The fourth-order valence-electron chi connectivity index (χ4n) is 1.60. The molecular weight excluding hydrogens is 313 g/mol. The normalized spacial score (nSPS) is 22.2. The van der Waals surface area contributed by atoms with Crippen molar-refractivity contribution in [3.63, 3.8) is 0 Å². The Balaban J connectivity index is 0.00000400. The molecule has 0 bridgehead atoms. The summed E-state index contributed by atoms with van der Waals surface area (Å²) in [7, 11) is -4.59. The Morgan fingerprint density at radius 3 is 2.48 bits per heavy atom. The number of rotatable bonds is 6. The smallest absolute Gasteiger partial charge is 0.862 e. The number of amides is 1. The number of aliphatic imine (C=N–C) groups is 1. The predicted octanol–water partition coefficient (Wildman–Crippen LogP) is -4.05. The molecule has 0 aromatic heterocycles. The summed E-state index contributed by atoms with van der Waals surface area (Å²) in [5.41, 5.74) is 0.695. The Labute approximate surface area is 145 Å². The van der Waals surface area contributed by atoms with Gasteiger partial charge in [0.1, 0.15) is 12.6 Å². The quantitative estimate of drug-likeness (QED) is 0.100. The molecular formula is C10H16N3NaO6S. The number of β-lactam (4-membered cyclic amide) rings is 1. The van der Waals surface area contributed by atoms with E-state index in [-0.39, 0.29) is 46.9 Å². The molecule has 1 aliphatic rings. The molecule has 11 heteroatoms. The fraction of sp³-hybridized carbons (Fsp3) is 0.700. The molecule has 0 aliphatic carbocycles. The molecule has 1 heterocycles. The maximum absolute atomic E-state index is 11.5. The summed E-state index contributed by atoms with van der Waals surface area (Å²) in [6.45, 7) is 4.85. The molecule has 1 amide bonds. The first-order valence-corrected chi connectivity index (χ1v) is 7.22. The van der Waals surface area contributed by atoms with Gasteiger partial charge in [0.15, 0.2) is 0 Å². The Kier molecular flexibility index (Phi) is 7.82. The first kappa shape index (κ1) is 20.3. The van der Waals surface area contributed by atoms with Gasteiger partial charge in [-0.3, -0.25) is 14.3 Å². The maximum Gasteiger partial charge on any atom is 1.00 e. The summed E-state index contributed by atoms with van der Waals surface area (Å²) < 4.78 is 30.7. The molecule has 0 saturated carbocycles. The van der Waals surface area contributed by atoms with E-state index in [4.69, 9.17) is 9.39 Å². The van der Waals surface area contributed by atoms with Gasteiger partial charge < -0.3 is 9.94 Å². The van der Waals surface area contributed by atoms with Crippen LogP contribution in [0.3, 0.4) is 0 Å². The van der Waals surface area contributed by atoms with Crippen molar-refractivity contribution in [2.75, 3.05) is 6.61 Å². The van der Waals surface area contributed by atoms with E-state index in [1.54, 1.807) is 13.8 Å². The van der Waals surface area contributed by atoms with Crippen LogP contribution >= 0.6 is 0 Å². The first-order chi connectivity index (χ1) is 9.14. The zero-order valence-corrected chi connectivity index (χ0v) is 15.1. The summed E-state index contributed by atoms with van der Waals surface area (Å²) in [5.74, 6) is -1.51. The van der Waals surface area contributed by atoms with Gasteiger partial charge in [-0.1, -0.05) is 5.16 Å². The van der Waals surface area contributed by atoms with Crippen molar-refractivity contribution < 1.29 is 57.3 Å². The van der Waals surface area contributed by atoms with Crippen molar-refractivity contribution in [2.45, 2.75) is 39.3 Å². The second-order valence-electron chi connectivity index (χ2n) is 4.44. The average molecular weight is 329 g/mol. The van der Waals surface area contributed by atoms with E-state index >= 15 is 0 Å². The van der Waals surface area contributed by atoms with Crippen LogP contribution in [0.15, 0.2) is 10.1 Å². The van der Waals surface area contributed by atoms with Crippen LogP contribution in [-0.2, 0) is 19.9 Å². The van der Waals surface area contributed by atoms with Gasteiger partial charge in [-0.15, -0.1) is 0 Å². The molecule has 9 nitrogen and oxygen atoms in total. The van der Waals surface area contributed by atoms with Gasteiger partial charge in [-0.2, -0.15) is 8.42 Å². The molecule has 1 fully saturated rings. The van der Waals surface area contributed by atoms with E-state index in [1.165, 1.54) is 6.92 Å². The minimum absolute atomic E-state index is 0. The van der Waals surface area contributed by atoms with E-state index in [2.05, 4.69) is 10.1 Å². The topological polar surface area (TPSA) is 132 Å². The SMILES string of the molecule is CC(C)=NOCCC([O-])=N[C@@H]1C(=O)N(S(=O)(=O)O)[C@H]1C.[Na+].